The summed E-state index contributed by atoms with van der Waals surface area (Å²) in [6, 6.07) is 0.0178. The Morgan fingerprint density at radius 1 is 1.12 bits per heavy atom. The Morgan fingerprint density at radius 3 is 1.94 bits per heavy atom. The van der Waals surface area contributed by atoms with Crippen LogP contribution in [0.4, 0.5) is 0 Å². The van der Waals surface area contributed by atoms with Gasteiger partial charge in [0, 0.05) is 5.41 Å². The quantitative estimate of drug-likeness (QED) is 0.780. The molecule has 2 heteroatoms. The van der Waals surface area contributed by atoms with Crippen LogP contribution in [0.2, 0.25) is 0 Å². The highest BCUT2D eigenvalue weighted by Crippen LogP contribution is 2.25. The lowest BCUT2D eigenvalue weighted by Crippen LogP contribution is -2.43. The van der Waals surface area contributed by atoms with Gasteiger partial charge in [0.1, 0.15) is 0 Å². The molecule has 1 atom stereocenters. The van der Waals surface area contributed by atoms with E-state index in [1.54, 1.807) is 0 Å². The van der Waals surface area contributed by atoms with Crippen LogP contribution in [-0.4, -0.2) is 18.4 Å². The lowest BCUT2D eigenvalue weighted by molar-refractivity contribution is -0.128. The van der Waals surface area contributed by atoms with Gasteiger partial charge < -0.3 is 5.32 Å². The molecule has 0 aliphatic heterocycles. The minimum atomic E-state index is -0.245. The highest BCUT2D eigenvalue weighted by molar-refractivity contribution is 5.88. The van der Waals surface area contributed by atoms with Gasteiger partial charge in [0.05, 0.1) is 6.04 Å². The normalized spacial score (nSPS) is 14.9. The Balaban J connectivity index is 4.45. The third-order valence-corrected chi connectivity index (χ3v) is 2.69. The zero-order valence-electron chi connectivity index (χ0n) is 12.1. The van der Waals surface area contributed by atoms with E-state index in [-0.39, 0.29) is 11.5 Å². The first-order valence-electron chi connectivity index (χ1n) is 6.35. The Labute approximate surface area is 101 Å². The first-order valence-corrected chi connectivity index (χ1v) is 6.35. The third-order valence-electron chi connectivity index (χ3n) is 2.69. The van der Waals surface area contributed by atoms with E-state index in [4.69, 9.17) is 0 Å². The van der Waals surface area contributed by atoms with Gasteiger partial charge in [-0.2, -0.15) is 0 Å². The fourth-order valence-electron chi connectivity index (χ4n) is 1.67. The second-order valence-corrected chi connectivity index (χ2v) is 6.82. The van der Waals surface area contributed by atoms with Crippen LogP contribution in [-0.2, 0) is 4.79 Å². The van der Waals surface area contributed by atoms with Crippen molar-refractivity contribution in [3.63, 3.8) is 0 Å². The first kappa shape index (κ1) is 15.6. The smallest absolute Gasteiger partial charge is 0.155 e. The minimum absolute atomic E-state index is 0.0178. The van der Waals surface area contributed by atoms with Gasteiger partial charge in [-0.25, -0.2) is 0 Å². The van der Waals surface area contributed by atoms with Gasteiger partial charge in [-0.1, -0.05) is 48.5 Å². The minimum Gasteiger partial charge on any atom is -0.308 e. The summed E-state index contributed by atoms with van der Waals surface area (Å²) >= 11 is 0. The standard InChI is InChI=1S/C14H29NO/c1-8-15-11(9-10-13(2,3)4)12(16)14(5,6)7/h11,15H,8-10H2,1-7H3. The van der Waals surface area contributed by atoms with E-state index in [2.05, 4.69) is 33.0 Å². The summed E-state index contributed by atoms with van der Waals surface area (Å²) in [5, 5.41) is 3.31. The predicted molar refractivity (Wildman–Crippen MR) is 70.6 cm³/mol. The van der Waals surface area contributed by atoms with E-state index in [1.165, 1.54) is 0 Å². The van der Waals surface area contributed by atoms with Crippen molar-refractivity contribution in [2.45, 2.75) is 67.3 Å². The van der Waals surface area contributed by atoms with Crippen molar-refractivity contribution < 1.29 is 4.79 Å². The molecular weight excluding hydrogens is 198 g/mol. The van der Waals surface area contributed by atoms with Gasteiger partial charge in [-0.3, -0.25) is 4.79 Å². The maximum Gasteiger partial charge on any atom is 0.155 e. The molecule has 0 rings (SSSR count). The van der Waals surface area contributed by atoms with Crippen LogP contribution in [0.15, 0.2) is 0 Å². The Hall–Kier alpha value is -0.370. The molecule has 0 heterocycles. The van der Waals surface area contributed by atoms with Gasteiger partial charge >= 0.3 is 0 Å². The maximum atomic E-state index is 12.2. The zero-order valence-corrected chi connectivity index (χ0v) is 12.1. The van der Waals surface area contributed by atoms with E-state index < -0.39 is 0 Å². The molecule has 0 aromatic rings. The molecule has 96 valence electrons. The van der Waals surface area contributed by atoms with Gasteiger partial charge in [0.15, 0.2) is 5.78 Å². The maximum absolute atomic E-state index is 12.2. The second kappa shape index (κ2) is 5.81. The van der Waals surface area contributed by atoms with E-state index in [0.29, 0.717) is 11.2 Å². The number of likely N-dealkylation sites (N-methyl/N-ethyl adjacent to an activating group) is 1. The van der Waals surface area contributed by atoms with Crippen molar-refractivity contribution in [3.8, 4) is 0 Å². The van der Waals surface area contributed by atoms with E-state index >= 15 is 0 Å². The number of carbonyl (C=O) groups excluding carboxylic acids is 1. The average molecular weight is 227 g/mol. The van der Waals surface area contributed by atoms with Crippen LogP contribution in [0, 0.1) is 10.8 Å². The largest absolute Gasteiger partial charge is 0.308 e. The molecule has 0 saturated carbocycles. The number of carbonyl (C=O) groups is 1. The fourth-order valence-corrected chi connectivity index (χ4v) is 1.67. The molecule has 0 radical (unpaired) electrons. The summed E-state index contributed by atoms with van der Waals surface area (Å²) < 4.78 is 0. The average Bonchev–Trinajstić information content (AvgIpc) is 2.08. The highest BCUT2D eigenvalue weighted by Gasteiger charge is 2.29. The van der Waals surface area contributed by atoms with Crippen molar-refractivity contribution in [3.05, 3.63) is 0 Å². The van der Waals surface area contributed by atoms with E-state index in [9.17, 15) is 4.79 Å². The molecule has 1 N–H and O–H groups in total. The molecule has 0 spiro atoms. The lowest BCUT2D eigenvalue weighted by atomic mass is 9.81. The molecule has 0 aliphatic carbocycles. The van der Waals surface area contributed by atoms with Crippen LogP contribution in [0.3, 0.4) is 0 Å². The summed E-state index contributed by atoms with van der Waals surface area (Å²) in [5.41, 5.74) is 0.0521. The lowest BCUT2D eigenvalue weighted by Gasteiger charge is -2.27. The van der Waals surface area contributed by atoms with Crippen molar-refractivity contribution in [1.82, 2.24) is 5.32 Å². The van der Waals surface area contributed by atoms with Crippen molar-refractivity contribution in [1.29, 1.82) is 0 Å². The summed E-state index contributed by atoms with van der Waals surface area (Å²) in [5.74, 6) is 0.332. The predicted octanol–water partition coefficient (Wildman–Crippen LogP) is 3.41. The summed E-state index contributed by atoms with van der Waals surface area (Å²) in [6.07, 6.45) is 2.01. The highest BCUT2D eigenvalue weighted by atomic mass is 16.1. The van der Waals surface area contributed by atoms with Gasteiger partial charge in [0.2, 0.25) is 0 Å². The molecule has 0 aromatic carbocycles. The number of rotatable bonds is 5. The first-order chi connectivity index (χ1) is 7.08. The summed E-state index contributed by atoms with van der Waals surface area (Å²) in [6.45, 7) is 15.6. The van der Waals surface area contributed by atoms with Crippen molar-refractivity contribution in [2.75, 3.05) is 6.54 Å². The molecule has 16 heavy (non-hydrogen) atoms. The second-order valence-electron chi connectivity index (χ2n) is 6.82. The van der Waals surface area contributed by atoms with Crippen LogP contribution < -0.4 is 5.32 Å². The van der Waals surface area contributed by atoms with Crippen LogP contribution in [0.5, 0.6) is 0 Å². The topological polar surface area (TPSA) is 29.1 Å². The third kappa shape index (κ3) is 6.26. The molecule has 0 bridgehead atoms. The fraction of sp³-hybridized carbons (Fsp3) is 0.929. The van der Waals surface area contributed by atoms with Crippen molar-refractivity contribution >= 4 is 5.78 Å². The summed E-state index contributed by atoms with van der Waals surface area (Å²) in [7, 11) is 0. The Kier molecular flexibility index (Phi) is 5.67. The molecule has 0 aliphatic rings. The molecular formula is C14H29NO. The van der Waals surface area contributed by atoms with Gasteiger partial charge in [-0.05, 0) is 24.8 Å². The van der Waals surface area contributed by atoms with Crippen LogP contribution in [0.25, 0.3) is 0 Å². The Bertz CT molecular complexity index is 220. The monoisotopic (exact) mass is 227 g/mol. The van der Waals surface area contributed by atoms with Crippen LogP contribution >= 0.6 is 0 Å². The zero-order chi connectivity index (χ0) is 13.0. The molecule has 0 aromatic heterocycles. The van der Waals surface area contributed by atoms with Gasteiger partial charge in [-0.15, -0.1) is 0 Å². The van der Waals surface area contributed by atoms with E-state index in [0.717, 1.165) is 19.4 Å². The molecule has 0 fully saturated rings. The number of ketones is 1. The van der Waals surface area contributed by atoms with Gasteiger partial charge in [0.25, 0.3) is 0 Å². The van der Waals surface area contributed by atoms with Crippen LogP contribution in [0.1, 0.15) is 61.3 Å². The summed E-state index contributed by atoms with van der Waals surface area (Å²) in [4.78, 5) is 12.2. The number of hydrogen-bond donors (Lipinski definition) is 1. The number of nitrogens with one attached hydrogen (secondary N) is 1. The molecule has 0 amide bonds. The number of hydrogen-bond acceptors (Lipinski definition) is 2. The van der Waals surface area contributed by atoms with Crippen molar-refractivity contribution in [2.24, 2.45) is 10.8 Å². The SMILES string of the molecule is CCNC(CCC(C)(C)C)C(=O)C(C)(C)C. The Morgan fingerprint density at radius 2 is 1.62 bits per heavy atom. The van der Waals surface area contributed by atoms with E-state index in [1.807, 2.05) is 20.8 Å². The molecule has 1 unspecified atom stereocenters. The number of Topliss-reactive ketones (excluding diaryl/α,β-unsaturated/α-hetero) is 1. The molecule has 2 nitrogen and oxygen atoms in total. The molecule has 0 saturated heterocycles.